The van der Waals surface area contributed by atoms with Gasteiger partial charge in [-0.25, -0.2) is 4.98 Å². The minimum atomic E-state index is 0.397. The van der Waals surface area contributed by atoms with Crippen LogP contribution in [0.1, 0.15) is 15.9 Å². The summed E-state index contributed by atoms with van der Waals surface area (Å²) in [6.07, 6.45) is 0.765. The Morgan fingerprint density at radius 3 is 2.65 bits per heavy atom. The van der Waals surface area contributed by atoms with Crippen molar-refractivity contribution in [3.8, 4) is 0 Å². The molecule has 0 saturated carbocycles. The van der Waals surface area contributed by atoms with E-state index in [0.29, 0.717) is 16.5 Å². The summed E-state index contributed by atoms with van der Waals surface area (Å²) in [5, 5.41) is 3.46. The van der Waals surface area contributed by atoms with Gasteiger partial charge in [0.05, 0.1) is 5.56 Å². The molecule has 0 fully saturated rings. The molecular weight excluding hydrogens is 236 g/mol. The Labute approximate surface area is 104 Å². The number of pyridine rings is 1. The fourth-order valence-corrected chi connectivity index (χ4v) is 1.60. The number of nitrogens with zero attached hydrogens (tertiary/aromatic N) is 1. The lowest BCUT2D eigenvalue weighted by Crippen LogP contribution is -2.00. The molecule has 0 amide bonds. The van der Waals surface area contributed by atoms with Crippen LogP contribution in [-0.2, 0) is 0 Å². The van der Waals surface area contributed by atoms with E-state index in [2.05, 4.69) is 10.3 Å². The zero-order valence-electron chi connectivity index (χ0n) is 9.27. The van der Waals surface area contributed by atoms with Gasteiger partial charge in [0.25, 0.3) is 0 Å². The monoisotopic (exact) mass is 246 g/mol. The molecule has 2 aromatic rings. The van der Waals surface area contributed by atoms with Gasteiger partial charge in [0, 0.05) is 5.69 Å². The molecule has 0 aliphatic rings. The van der Waals surface area contributed by atoms with Crippen molar-refractivity contribution in [3.05, 3.63) is 52.7 Å². The van der Waals surface area contributed by atoms with Crippen LogP contribution in [0.4, 0.5) is 11.5 Å². The molecule has 0 atom stereocenters. The minimum absolute atomic E-state index is 0.397. The third kappa shape index (κ3) is 2.63. The van der Waals surface area contributed by atoms with Gasteiger partial charge in [-0.3, -0.25) is 4.79 Å². The summed E-state index contributed by atoms with van der Waals surface area (Å²) in [6.45, 7) is 1.81. The van der Waals surface area contributed by atoms with Crippen LogP contribution >= 0.6 is 11.6 Å². The van der Waals surface area contributed by atoms with Gasteiger partial charge in [-0.05, 0) is 30.7 Å². The molecule has 0 bridgehead atoms. The first-order valence-corrected chi connectivity index (χ1v) is 5.53. The molecule has 0 saturated heterocycles. The molecule has 0 aliphatic carbocycles. The molecule has 0 unspecified atom stereocenters. The second kappa shape index (κ2) is 4.97. The van der Waals surface area contributed by atoms with Gasteiger partial charge in [0.15, 0.2) is 6.29 Å². The Morgan fingerprint density at radius 1 is 1.29 bits per heavy atom. The summed E-state index contributed by atoms with van der Waals surface area (Å²) in [4.78, 5) is 15.1. The summed E-state index contributed by atoms with van der Waals surface area (Å²) < 4.78 is 0. The van der Waals surface area contributed by atoms with Gasteiger partial charge in [0.1, 0.15) is 11.0 Å². The van der Waals surface area contributed by atoms with E-state index in [4.69, 9.17) is 11.6 Å². The molecule has 0 radical (unpaired) electrons. The van der Waals surface area contributed by atoms with E-state index in [-0.39, 0.29) is 0 Å². The molecule has 17 heavy (non-hydrogen) atoms. The van der Waals surface area contributed by atoms with Crippen molar-refractivity contribution in [1.82, 2.24) is 4.98 Å². The number of aldehydes is 1. The van der Waals surface area contributed by atoms with Gasteiger partial charge in [-0.15, -0.1) is 0 Å². The summed E-state index contributed by atoms with van der Waals surface area (Å²) >= 11 is 5.94. The second-order valence-corrected chi connectivity index (χ2v) is 4.00. The number of carbonyl (C=O) groups excluding carboxylic acids is 1. The van der Waals surface area contributed by atoms with Crippen molar-refractivity contribution in [3.63, 3.8) is 0 Å². The Morgan fingerprint density at radius 2 is 2.00 bits per heavy atom. The van der Waals surface area contributed by atoms with E-state index in [9.17, 15) is 4.79 Å². The van der Waals surface area contributed by atoms with Gasteiger partial charge in [-0.2, -0.15) is 0 Å². The Bertz CT molecular complexity index is 541. The van der Waals surface area contributed by atoms with Crippen LogP contribution in [0.25, 0.3) is 0 Å². The number of aromatic nitrogens is 1. The van der Waals surface area contributed by atoms with E-state index in [1.165, 1.54) is 0 Å². The van der Waals surface area contributed by atoms with Gasteiger partial charge in [0.2, 0.25) is 0 Å². The normalized spacial score (nSPS) is 10.0. The van der Waals surface area contributed by atoms with Crippen molar-refractivity contribution in [2.24, 2.45) is 0 Å². The number of anilines is 2. The molecule has 3 nitrogen and oxygen atoms in total. The molecule has 1 N–H and O–H groups in total. The number of aryl methyl sites for hydroxylation is 1. The fourth-order valence-electron chi connectivity index (χ4n) is 1.46. The molecule has 2 rings (SSSR count). The topological polar surface area (TPSA) is 42.0 Å². The number of hydrogen-bond donors (Lipinski definition) is 1. The van der Waals surface area contributed by atoms with Crippen molar-refractivity contribution in [2.75, 3.05) is 5.32 Å². The first kappa shape index (κ1) is 11.6. The maximum atomic E-state index is 11.0. The van der Waals surface area contributed by atoms with E-state index in [1.807, 2.05) is 37.3 Å². The summed E-state index contributed by atoms with van der Waals surface area (Å²) in [6, 6.07) is 11.2. The molecule has 1 aromatic heterocycles. The largest absolute Gasteiger partial charge is 0.340 e. The summed E-state index contributed by atoms with van der Waals surface area (Å²) in [5.41, 5.74) is 2.14. The highest BCUT2D eigenvalue weighted by molar-refractivity contribution is 6.30. The lowest BCUT2D eigenvalue weighted by Gasteiger charge is -2.09. The van der Waals surface area contributed by atoms with Crippen LogP contribution in [0.15, 0.2) is 36.4 Å². The smallest absolute Gasteiger partial charge is 0.153 e. The number of hydrogen-bond acceptors (Lipinski definition) is 3. The maximum Gasteiger partial charge on any atom is 0.153 e. The Hall–Kier alpha value is -1.87. The summed E-state index contributed by atoms with van der Waals surface area (Å²) in [7, 11) is 0. The predicted molar refractivity (Wildman–Crippen MR) is 69.1 cm³/mol. The Balaban J connectivity index is 2.38. The maximum absolute atomic E-state index is 11.0. The van der Waals surface area contributed by atoms with Crippen molar-refractivity contribution < 1.29 is 4.79 Å². The van der Waals surface area contributed by atoms with Gasteiger partial charge >= 0.3 is 0 Å². The van der Waals surface area contributed by atoms with E-state index in [1.54, 1.807) is 6.07 Å². The third-order valence-corrected chi connectivity index (χ3v) is 2.73. The number of halogens is 1. The van der Waals surface area contributed by atoms with Crippen LogP contribution in [0.3, 0.4) is 0 Å². The first-order valence-electron chi connectivity index (χ1n) is 5.15. The standard InChI is InChI=1S/C13H11ClN2O/c1-9-7-10(8-17)13(16-12(9)14)15-11-5-3-2-4-6-11/h2-8H,1H3,(H,15,16). The lowest BCUT2D eigenvalue weighted by molar-refractivity contribution is 0.112. The van der Waals surface area contributed by atoms with Gasteiger partial charge in [-0.1, -0.05) is 29.8 Å². The van der Waals surface area contributed by atoms with Crippen molar-refractivity contribution in [1.29, 1.82) is 0 Å². The molecular formula is C13H11ClN2O. The van der Waals surface area contributed by atoms with Crippen LogP contribution in [0.5, 0.6) is 0 Å². The third-order valence-electron chi connectivity index (χ3n) is 2.34. The highest BCUT2D eigenvalue weighted by Crippen LogP contribution is 2.22. The number of benzene rings is 1. The van der Waals surface area contributed by atoms with Crippen LogP contribution in [-0.4, -0.2) is 11.3 Å². The Kier molecular flexibility index (Phi) is 3.40. The number of para-hydroxylation sites is 1. The molecule has 1 aromatic carbocycles. The number of rotatable bonds is 3. The fraction of sp³-hybridized carbons (Fsp3) is 0.0769. The van der Waals surface area contributed by atoms with Gasteiger partial charge < -0.3 is 5.32 Å². The number of nitrogens with one attached hydrogen (secondary N) is 1. The first-order chi connectivity index (χ1) is 8.20. The van der Waals surface area contributed by atoms with Crippen LogP contribution < -0.4 is 5.32 Å². The van der Waals surface area contributed by atoms with E-state index < -0.39 is 0 Å². The lowest BCUT2D eigenvalue weighted by atomic mass is 10.2. The molecule has 0 aliphatic heterocycles. The average molecular weight is 247 g/mol. The van der Waals surface area contributed by atoms with Crippen molar-refractivity contribution in [2.45, 2.75) is 6.92 Å². The molecule has 4 heteroatoms. The number of carbonyl (C=O) groups is 1. The molecule has 0 spiro atoms. The van der Waals surface area contributed by atoms with Crippen molar-refractivity contribution >= 4 is 29.4 Å². The second-order valence-electron chi connectivity index (χ2n) is 3.64. The zero-order valence-corrected chi connectivity index (χ0v) is 10.0. The predicted octanol–water partition coefficient (Wildman–Crippen LogP) is 3.60. The summed E-state index contributed by atoms with van der Waals surface area (Å²) in [5.74, 6) is 0.474. The highest BCUT2D eigenvalue weighted by atomic mass is 35.5. The zero-order chi connectivity index (χ0) is 12.3. The molecule has 1 heterocycles. The van der Waals surface area contributed by atoms with E-state index in [0.717, 1.165) is 17.5 Å². The highest BCUT2D eigenvalue weighted by Gasteiger charge is 2.07. The quantitative estimate of drug-likeness (QED) is 0.665. The minimum Gasteiger partial charge on any atom is -0.340 e. The van der Waals surface area contributed by atoms with Crippen LogP contribution in [0, 0.1) is 6.92 Å². The molecule has 86 valence electrons. The average Bonchev–Trinajstić information content (AvgIpc) is 2.35. The van der Waals surface area contributed by atoms with E-state index >= 15 is 0 Å². The SMILES string of the molecule is Cc1cc(C=O)c(Nc2ccccc2)nc1Cl. The van der Waals surface area contributed by atoms with Crippen LogP contribution in [0.2, 0.25) is 5.15 Å².